The Bertz CT molecular complexity index is 1230. The molecule has 2 aromatic heterocycles. The zero-order valence-corrected chi connectivity index (χ0v) is 20.9. The number of fused-ring (bicyclic) bond motifs is 1. The predicted octanol–water partition coefficient (Wildman–Crippen LogP) is 1.91. The van der Waals surface area contributed by atoms with Crippen molar-refractivity contribution in [3.8, 4) is 0 Å². The third-order valence-corrected chi connectivity index (χ3v) is 7.32. The van der Waals surface area contributed by atoms with E-state index in [-0.39, 0.29) is 29.9 Å². The van der Waals surface area contributed by atoms with Gasteiger partial charge in [-0.2, -0.15) is 4.52 Å². The van der Waals surface area contributed by atoms with Crippen molar-refractivity contribution in [2.75, 3.05) is 41.7 Å². The van der Waals surface area contributed by atoms with E-state index in [1.807, 2.05) is 22.7 Å². The average molecular weight is 493 g/mol. The van der Waals surface area contributed by atoms with Crippen LogP contribution in [0.3, 0.4) is 0 Å². The van der Waals surface area contributed by atoms with E-state index >= 15 is 0 Å². The quantitative estimate of drug-likeness (QED) is 0.306. The summed E-state index contributed by atoms with van der Waals surface area (Å²) in [6, 6.07) is 9.89. The molecule has 10 nitrogen and oxygen atoms in total. The lowest BCUT2D eigenvalue weighted by Gasteiger charge is -2.40. The number of primary amides is 1. The molecule has 36 heavy (non-hydrogen) atoms. The van der Waals surface area contributed by atoms with E-state index in [0.717, 1.165) is 60.0 Å². The molecule has 2 aliphatic heterocycles. The Morgan fingerprint density at radius 2 is 2.14 bits per heavy atom. The first-order valence-corrected chi connectivity index (χ1v) is 12.8. The lowest BCUT2D eigenvalue weighted by molar-refractivity contribution is -0.120. The van der Waals surface area contributed by atoms with Gasteiger partial charge in [0.1, 0.15) is 11.9 Å². The largest absolute Gasteiger partial charge is 0.391 e. The van der Waals surface area contributed by atoms with Crippen molar-refractivity contribution in [1.82, 2.24) is 19.9 Å². The molecule has 2 aliphatic rings. The van der Waals surface area contributed by atoms with E-state index in [9.17, 15) is 9.90 Å². The number of anilines is 3. The Hall–Kier alpha value is -3.37. The summed E-state index contributed by atoms with van der Waals surface area (Å²) in [6.07, 6.45) is 3.18. The van der Waals surface area contributed by atoms with Crippen molar-refractivity contribution in [2.24, 2.45) is 11.7 Å². The number of nitrogens with two attached hydrogens (primary N) is 1. The minimum absolute atomic E-state index is 0.189. The maximum atomic E-state index is 11.6. The highest BCUT2D eigenvalue weighted by Crippen LogP contribution is 2.30. The summed E-state index contributed by atoms with van der Waals surface area (Å²) in [4.78, 5) is 18.3. The zero-order chi connectivity index (χ0) is 25.2. The van der Waals surface area contributed by atoms with Gasteiger partial charge >= 0.3 is 0 Å². The van der Waals surface area contributed by atoms with E-state index in [1.54, 1.807) is 6.20 Å². The fourth-order valence-electron chi connectivity index (χ4n) is 5.15. The van der Waals surface area contributed by atoms with Gasteiger partial charge < -0.3 is 31.7 Å². The molecule has 1 unspecified atom stereocenters. The Labute approximate surface area is 211 Å². The van der Waals surface area contributed by atoms with Gasteiger partial charge in [-0.05, 0) is 49.1 Å². The number of rotatable bonds is 9. The standard InChI is InChI=1S/C26H36N8O2/c1-16(2)23-25(31-14-18-6-9-28-15-21(18)35)32-34-22(7-10-29-26(23)34)30-13-17-4-3-5-19(12-17)33-11-8-20(33)24(27)36/h3-5,7,10,12,16,18,20-21,28,30,35H,6,8-9,11,13-15H2,1-2H3,(H2,27,36)(H,31,32)/t18-,20?,21+/m1/s1. The van der Waals surface area contributed by atoms with E-state index in [1.165, 1.54) is 0 Å². The number of amides is 1. The number of hydrogen-bond acceptors (Lipinski definition) is 8. The molecule has 0 bridgehead atoms. The number of benzene rings is 1. The first-order chi connectivity index (χ1) is 17.4. The second kappa shape index (κ2) is 10.3. The van der Waals surface area contributed by atoms with E-state index in [0.29, 0.717) is 19.6 Å². The number of nitrogens with zero attached hydrogens (tertiary/aromatic N) is 4. The van der Waals surface area contributed by atoms with Crippen LogP contribution >= 0.6 is 0 Å². The average Bonchev–Trinajstić information content (AvgIpc) is 3.21. The molecule has 2 saturated heterocycles. The number of piperidine rings is 1. The summed E-state index contributed by atoms with van der Waals surface area (Å²) in [7, 11) is 0. The molecule has 0 aliphatic carbocycles. The van der Waals surface area contributed by atoms with Crippen LogP contribution in [0.4, 0.5) is 17.3 Å². The number of β-amino-alcohol motifs (C(OH)–C–C–N with tert-alkyl or cyclic N) is 1. The molecule has 2 fully saturated rings. The summed E-state index contributed by atoms with van der Waals surface area (Å²) >= 11 is 0. The number of nitrogens with one attached hydrogen (secondary N) is 3. The van der Waals surface area contributed by atoms with Crippen LogP contribution in [0.15, 0.2) is 36.5 Å². The summed E-state index contributed by atoms with van der Waals surface area (Å²) in [5.41, 5.74) is 9.53. The molecule has 0 spiro atoms. The second-order valence-corrected chi connectivity index (χ2v) is 10.1. The number of aromatic nitrogens is 3. The van der Waals surface area contributed by atoms with Crippen LogP contribution in [-0.4, -0.2) is 63.9 Å². The number of carbonyl (C=O) groups excluding carboxylic acids is 1. The predicted molar refractivity (Wildman–Crippen MR) is 141 cm³/mol. The molecule has 6 N–H and O–H groups in total. The second-order valence-electron chi connectivity index (χ2n) is 10.1. The smallest absolute Gasteiger partial charge is 0.240 e. The van der Waals surface area contributed by atoms with E-state index in [4.69, 9.17) is 10.8 Å². The lowest BCUT2D eigenvalue weighted by Crippen LogP contribution is -2.55. The van der Waals surface area contributed by atoms with Gasteiger partial charge in [-0.15, -0.1) is 5.10 Å². The third kappa shape index (κ3) is 4.83. The molecule has 0 saturated carbocycles. The number of aliphatic hydroxyl groups excluding tert-OH is 1. The molecule has 4 heterocycles. The Kier molecular flexibility index (Phi) is 6.97. The van der Waals surface area contributed by atoms with Crippen molar-refractivity contribution < 1.29 is 9.90 Å². The summed E-state index contributed by atoms with van der Waals surface area (Å²) in [6.45, 7) is 7.95. The SMILES string of the molecule is CC(C)c1c(NC[C@H]2CCNC[C@@H]2O)nn2c(NCc3cccc(N4CCC4C(N)=O)c3)ccnc12. The van der Waals surface area contributed by atoms with Crippen LogP contribution in [0.2, 0.25) is 0 Å². The number of hydrogen-bond donors (Lipinski definition) is 5. The third-order valence-electron chi connectivity index (χ3n) is 7.32. The fraction of sp³-hybridized carbons (Fsp3) is 0.500. The van der Waals surface area contributed by atoms with E-state index in [2.05, 4.69) is 51.8 Å². The van der Waals surface area contributed by atoms with Gasteiger partial charge in [0.25, 0.3) is 0 Å². The van der Waals surface area contributed by atoms with Crippen molar-refractivity contribution in [2.45, 2.75) is 51.3 Å². The van der Waals surface area contributed by atoms with Gasteiger partial charge in [-0.25, -0.2) is 4.98 Å². The van der Waals surface area contributed by atoms with Gasteiger partial charge in [0, 0.05) is 49.5 Å². The highest BCUT2D eigenvalue weighted by Gasteiger charge is 2.32. The van der Waals surface area contributed by atoms with Crippen LogP contribution in [0, 0.1) is 5.92 Å². The molecule has 3 aromatic rings. The monoisotopic (exact) mass is 492 g/mol. The normalized spacial score (nSPS) is 22.0. The van der Waals surface area contributed by atoms with E-state index < -0.39 is 0 Å². The Morgan fingerprint density at radius 1 is 1.28 bits per heavy atom. The van der Waals surface area contributed by atoms with Crippen LogP contribution in [-0.2, 0) is 11.3 Å². The van der Waals surface area contributed by atoms with Crippen molar-refractivity contribution in [1.29, 1.82) is 0 Å². The van der Waals surface area contributed by atoms with Crippen molar-refractivity contribution in [3.63, 3.8) is 0 Å². The minimum Gasteiger partial charge on any atom is -0.391 e. The molecular formula is C26H36N8O2. The number of aliphatic hydroxyl groups is 1. The first kappa shape index (κ1) is 24.3. The fourth-order valence-corrected chi connectivity index (χ4v) is 5.15. The van der Waals surface area contributed by atoms with Gasteiger partial charge in [0.05, 0.1) is 6.10 Å². The summed E-state index contributed by atoms with van der Waals surface area (Å²) < 4.78 is 1.86. The Morgan fingerprint density at radius 3 is 2.86 bits per heavy atom. The highest BCUT2D eigenvalue weighted by atomic mass is 16.3. The van der Waals surface area contributed by atoms with Gasteiger partial charge in [-0.3, -0.25) is 4.79 Å². The molecule has 0 radical (unpaired) electrons. The summed E-state index contributed by atoms with van der Waals surface area (Å²) in [5.74, 6) is 1.81. The molecule has 10 heteroatoms. The topological polar surface area (TPSA) is 133 Å². The van der Waals surface area contributed by atoms with Crippen molar-refractivity contribution >= 4 is 28.9 Å². The Balaban J connectivity index is 1.34. The molecule has 192 valence electrons. The summed E-state index contributed by atoms with van der Waals surface area (Å²) in [5, 5.41) is 25.4. The molecule has 1 aromatic carbocycles. The molecule has 5 rings (SSSR count). The number of carbonyl (C=O) groups is 1. The van der Waals surface area contributed by atoms with Gasteiger partial charge in [0.15, 0.2) is 11.5 Å². The highest BCUT2D eigenvalue weighted by molar-refractivity contribution is 5.85. The maximum Gasteiger partial charge on any atom is 0.240 e. The lowest BCUT2D eigenvalue weighted by atomic mass is 9.95. The van der Waals surface area contributed by atoms with Gasteiger partial charge in [-0.1, -0.05) is 26.0 Å². The van der Waals surface area contributed by atoms with Crippen LogP contribution < -0.4 is 26.6 Å². The first-order valence-electron chi connectivity index (χ1n) is 12.8. The maximum absolute atomic E-state index is 11.6. The molecular weight excluding hydrogens is 456 g/mol. The minimum atomic E-state index is -0.355. The van der Waals surface area contributed by atoms with Gasteiger partial charge in [0.2, 0.25) is 5.91 Å². The van der Waals surface area contributed by atoms with Crippen LogP contribution in [0.5, 0.6) is 0 Å². The van der Waals surface area contributed by atoms with Crippen molar-refractivity contribution in [3.05, 3.63) is 47.7 Å². The van der Waals surface area contributed by atoms with Crippen LogP contribution in [0.1, 0.15) is 43.7 Å². The molecule has 1 amide bonds. The molecule has 3 atom stereocenters. The van der Waals surface area contributed by atoms with Crippen LogP contribution in [0.25, 0.3) is 5.65 Å². The zero-order valence-electron chi connectivity index (χ0n) is 20.9.